The number of aryl methyl sites for hydroxylation is 2. The number of hydrogen-bond acceptors (Lipinski definition) is 6. The molecule has 2 aromatic carbocycles. The van der Waals surface area contributed by atoms with Crippen molar-refractivity contribution >= 4 is 40.3 Å². The minimum absolute atomic E-state index is 0.116. The molecule has 0 radical (unpaired) electrons. The van der Waals surface area contributed by atoms with Crippen molar-refractivity contribution < 1.29 is 14.5 Å². The van der Waals surface area contributed by atoms with Crippen molar-refractivity contribution in [3.8, 4) is 5.75 Å². The summed E-state index contributed by atoms with van der Waals surface area (Å²) >= 11 is 5.42. The molecule has 10 heteroatoms. The van der Waals surface area contributed by atoms with Crippen molar-refractivity contribution in [3.05, 3.63) is 57.6 Å². The quantitative estimate of drug-likeness (QED) is 0.184. The number of rotatable bonds is 10. The van der Waals surface area contributed by atoms with Gasteiger partial charge in [0.2, 0.25) is 5.91 Å². The standard InChI is InChI=1S/C25H35N5O4S/c1-15(2)13-21(24(31)28-23-16(3)9-8-10-17(23)4)27-25(35)26-20-12-11-19(14-22(20)30(32)33)34-18(5)29(6)7/h8-12,14-15,18,21H,13H2,1-7H3,(H,28,31)(H2,26,27,35). The van der Waals surface area contributed by atoms with Gasteiger partial charge in [0.05, 0.1) is 11.0 Å². The van der Waals surface area contributed by atoms with Crippen LogP contribution in [0.25, 0.3) is 0 Å². The summed E-state index contributed by atoms with van der Waals surface area (Å²) in [4.78, 5) is 26.2. The van der Waals surface area contributed by atoms with Crippen molar-refractivity contribution in [1.29, 1.82) is 0 Å². The van der Waals surface area contributed by atoms with Crippen LogP contribution in [-0.4, -0.2) is 47.2 Å². The van der Waals surface area contributed by atoms with Gasteiger partial charge in [0.15, 0.2) is 5.11 Å². The maximum absolute atomic E-state index is 13.1. The highest BCUT2D eigenvalue weighted by Crippen LogP contribution is 2.30. The van der Waals surface area contributed by atoms with E-state index in [9.17, 15) is 14.9 Å². The molecule has 0 saturated carbocycles. The zero-order valence-electron chi connectivity index (χ0n) is 21.3. The molecular formula is C25H35N5O4S. The van der Waals surface area contributed by atoms with Crippen molar-refractivity contribution in [2.45, 2.75) is 53.3 Å². The van der Waals surface area contributed by atoms with Gasteiger partial charge in [-0.25, -0.2) is 0 Å². The molecule has 2 unspecified atom stereocenters. The average Bonchev–Trinajstić information content (AvgIpc) is 2.76. The lowest BCUT2D eigenvalue weighted by Crippen LogP contribution is -2.46. The van der Waals surface area contributed by atoms with Gasteiger partial charge in [-0.3, -0.25) is 19.8 Å². The predicted molar refractivity (Wildman–Crippen MR) is 144 cm³/mol. The average molecular weight is 502 g/mol. The third-order valence-electron chi connectivity index (χ3n) is 5.51. The Bertz CT molecular complexity index is 1050. The number of nitro benzene ring substituents is 1. The summed E-state index contributed by atoms with van der Waals surface area (Å²) in [5.74, 6) is 0.354. The minimum Gasteiger partial charge on any atom is -0.475 e. The molecule has 0 aliphatic carbocycles. The number of nitrogens with one attached hydrogen (secondary N) is 3. The summed E-state index contributed by atoms with van der Waals surface area (Å²) in [5.41, 5.74) is 2.71. The summed E-state index contributed by atoms with van der Waals surface area (Å²) in [6, 6.07) is 9.71. The molecule has 0 aliphatic heterocycles. The van der Waals surface area contributed by atoms with Crippen LogP contribution in [0.5, 0.6) is 5.75 Å². The first kappa shape index (κ1) is 28.0. The van der Waals surface area contributed by atoms with Gasteiger partial charge in [0.25, 0.3) is 5.69 Å². The Balaban J connectivity index is 2.18. The van der Waals surface area contributed by atoms with Crippen LogP contribution < -0.4 is 20.7 Å². The van der Waals surface area contributed by atoms with Crippen LogP contribution in [0.4, 0.5) is 17.1 Å². The first-order valence-corrected chi connectivity index (χ1v) is 11.9. The maximum Gasteiger partial charge on any atom is 0.296 e. The topological polar surface area (TPSA) is 109 Å². The monoisotopic (exact) mass is 501 g/mol. The lowest BCUT2D eigenvalue weighted by molar-refractivity contribution is -0.384. The van der Waals surface area contributed by atoms with Crippen LogP contribution in [0.3, 0.4) is 0 Å². The van der Waals surface area contributed by atoms with E-state index in [4.69, 9.17) is 17.0 Å². The predicted octanol–water partition coefficient (Wildman–Crippen LogP) is 4.84. The molecule has 2 aromatic rings. The van der Waals surface area contributed by atoms with Crippen molar-refractivity contribution in [2.75, 3.05) is 24.7 Å². The largest absolute Gasteiger partial charge is 0.475 e. The van der Waals surface area contributed by atoms with Crippen LogP contribution in [0, 0.1) is 29.9 Å². The Morgan fingerprint density at radius 3 is 2.29 bits per heavy atom. The molecule has 0 aromatic heterocycles. The van der Waals surface area contributed by atoms with Crippen molar-refractivity contribution in [1.82, 2.24) is 10.2 Å². The fraction of sp³-hybridized carbons (Fsp3) is 0.440. The van der Waals surface area contributed by atoms with E-state index in [1.807, 2.05) is 71.8 Å². The van der Waals surface area contributed by atoms with E-state index in [1.165, 1.54) is 12.1 Å². The number of benzene rings is 2. The van der Waals surface area contributed by atoms with Gasteiger partial charge in [0.1, 0.15) is 23.7 Å². The van der Waals surface area contributed by atoms with Gasteiger partial charge in [-0.15, -0.1) is 0 Å². The SMILES string of the molecule is Cc1cccc(C)c1NC(=O)C(CC(C)C)NC(=S)Nc1ccc(OC(C)N(C)C)cc1[N+](=O)[O-]. The Labute approximate surface area is 212 Å². The number of amides is 1. The second-order valence-electron chi connectivity index (χ2n) is 9.15. The minimum atomic E-state index is -0.628. The number of carbonyl (C=O) groups excluding carboxylic acids is 1. The molecule has 2 atom stereocenters. The van der Waals surface area contributed by atoms with Crippen LogP contribution in [0.2, 0.25) is 0 Å². The second-order valence-corrected chi connectivity index (χ2v) is 9.56. The number of nitro groups is 1. The number of para-hydroxylation sites is 1. The van der Waals surface area contributed by atoms with E-state index in [1.54, 1.807) is 6.07 Å². The molecule has 0 fully saturated rings. The van der Waals surface area contributed by atoms with Crippen molar-refractivity contribution in [2.24, 2.45) is 5.92 Å². The van der Waals surface area contributed by atoms with Crippen LogP contribution in [-0.2, 0) is 4.79 Å². The van der Waals surface area contributed by atoms with Gasteiger partial charge in [0, 0.05) is 5.69 Å². The Morgan fingerprint density at radius 1 is 1.11 bits per heavy atom. The fourth-order valence-corrected chi connectivity index (χ4v) is 3.64. The highest BCUT2D eigenvalue weighted by molar-refractivity contribution is 7.80. The lowest BCUT2D eigenvalue weighted by atomic mass is 10.0. The number of anilines is 2. The molecule has 0 spiro atoms. The molecule has 0 aliphatic rings. The first-order valence-electron chi connectivity index (χ1n) is 11.4. The normalized spacial score (nSPS) is 12.7. The molecule has 0 heterocycles. The van der Waals surface area contributed by atoms with Crippen LogP contribution >= 0.6 is 12.2 Å². The summed E-state index contributed by atoms with van der Waals surface area (Å²) in [6.07, 6.45) is 0.263. The zero-order valence-corrected chi connectivity index (χ0v) is 22.2. The third kappa shape index (κ3) is 8.18. The van der Waals surface area contributed by atoms with E-state index in [-0.39, 0.29) is 34.5 Å². The number of carbonyl (C=O) groups is 1. The first-order chi connectivity index (χ1) is 16.4. The van der Waals surface area contributed by atoms with E-state index < -0.39 is 11.0 Å². The molecule has 1 amide bonds. The summed E-state index contributed by atoms with van der Waals surface area (Å²) in [7, 11) is 3.70. The number of nitrogens with zero attached hydrogens (tertiary/aromatic N) is 2. The summed E-state index contributed by atoms with van der Waals surface area (Å²) < 4.78 is 5.73. The number of thiocarbonyl (C=S) groups is 1. The Kier molecular flexibility index (Phi) is 9.97. The third-order valence-corrected chi connectivity index (χ3v) is 5.73. The molecule has 0 saturated heterocycles. The lowest BCUT2D eigenvalue weighted by Gasteiger charge is -2.23. The van der Waals surface area contributed by atoms with Gasteiger partial charge >= 0.3 is 0 Å². The number of ether oxygens (including phenoxy) is 1. The Morgan fingerprint density at radius 2 is 1.74 bits per heavy atom. The van der Waals surface area contributed by atoms with Crippen molar-refractivity contribution in [3.63, 3.8) is 0 Å². The maximum atomic E-state index is 13.1. The fourth-order valence-electron chi connectivity index (χ4n) is 3.39. The zero-order chi connectivity index (χ0) is 26.3. The molecule has 190 valence electrons. The summed E-state index contributed by atoms with van der Waals surface area (Å²) in [6.45, 7) is 9.73. The van der Waals surface area contributed by atoms with E-state index >= 15 is 0 Å². The van der Waals surface area contributed by atoms with Gasteiger partial charge in [-0.1, -0.05) is 32.0 Å². The molecular weight excluding hydrogens is 466 g/mol. The number of hydrogen-bond donors (Lipinski definition) is 3. The highest BCUT2D eigenvalue weighted by atomic mass is 32.1. The molecule has 0 bridgehead atoms. The van der Waals surface area contributed by atoms with Crippen LogP contribution in [0.1, 0.15) is 38.3 Å². The van der Waals surface area contributed by atoms with E-state index in [0.717, 1.165) is 16.8 Å². The van der Waals surface area contributed by atoms with Gasteiger partial charge in [-0.05, 0) is 82.7 Å². The van der Waals surface area contributed by atoms with Gasteiger partial charge < -0.3 is 20.7 Å². The van der Waals surface area contributed by atoms with E-state index in [0.29, 0.717) is 12.2 Å². The van der Waals surface area contributed by atoms with E-state index in [2.05, 4.69) is 16.0 Å². The van der Waals surface area contributed by atoms with Gasteiger partial charge in [-0.2, -0.15) is 0 Å². The molecule has 3 N–H and O–H groups in total. The molecule has 2 rings (SSSR count). The summed E-state index contributed by atoms with van der Waals surface area (Å²) in [5, 5.41) is 20.7. The Hall–Kier alpha value is -3.24. The highest BCUT2D eigenvalue weighted by Gasteiger charge is 2.23. The second kappa shape index (κ2) is 12.5. The smallest absolute Gasteiger partial charge is 0.296 e. The molecule has 35 heavy (non-hydrogen) atoms. The molecule has 9 nitrogen and oxygen atoms in total. The van der Waals surface area contributed by atoms with Crippen LogP contribution in [0.15, 0.2) is 36.4 Å².